The Bertz CT molecular complexity index is 789. The van der Waals surface area contributed by atoms with Gasteiger partial charge in [-0.05, 0) is 42.7 Å². The molecule has 2 N–H and O–H groups in total. The quantitative estimate of drug-likeness (QED) is 0.725. The van der Waals surface area contributed by atoms with Crippen LogP contribution in [0.3, 0.4) is 0 Å². The number of carboxylic acid groups (broad SMARTS) is 1. The Labute approximate surface area is 177 Å². The van der Waals surface area contributed by atoms with E-state index in [0.717, 1.165) is 36.7 Å². The summed E-state index contributed by atoms with van der Waals surface area (Å²) in [6.07, 6.45) is 2.83. The van der Waals surface area contributed by atoms with Crippen molar-refractivity contribution in [1.82, 2.24) is 14.9 Å². The van der Waals surface area contributed by atoms with Crippen molar-refractivity contribution in [2.24, 2.45) is 17.8 Å². The second-order valence-electron chi connectivity index (χ2n) is 7.63. The van der Waals surface area contributed by atoms with Crippen LogP contribution in [0.5, 0.6) is 0 Å². The Morgan fingerprint density at radius 1 is 1.23 bits per heavy atom. The van der Waals surface area contributed by atoms with Gasteiger partial charge in [0.15, 0.2) is 0 Å². The fourth-order valence-electron chi connectivity index (χ4n) is 4.29. The van der Waals surface area contributed by atoms with Crippen LogP contribution in [-0.4, -0.2) is 51.8 Å². The van der Waals surface area contributed by atoms with E-state index in [1.165, 1.54) is 37.4 Å². The van der Waals surface area contributed by atoms with Gasteiger partial charge < -0.3 is 10.4 Å². The minimum Gasteiger partial charge on any atom is -0.475 e. The van der Waals surface area contributed by atoms with Gasteiger partial charge in [-0.25, -0.2) is 14.8 Å². The highest BCUT2D eigenvalue weighted by molar-refractivity contribution is 7.09. The molecule has 0 radical (unpaired) electrons. The highest BCUT2D eigenvalue weighted by Crippen LogP contribution is 2.40. The van der Waals surface area contributed by atoms with Gasteiger partial charge in [-0.2, -0.15) is 13.2 Å². The van der Waals surface area contributed by atoms with E-state index in [9.17, 15) is 13.2 Å². The number of nitrogens with zero attached hydrogens (tertiary/aromatic N) is 3. The van der Waals surface area contributed by atoms with Gasteiger partial charge in [0.05, 0.1) is 6.54 Å². The molecule has 0 amide bonds. The van der Waals surface area contributed by atoms with Crippen LogP contribution in [-0.2, 0) is 11.3 Å². The molecule has 164 valence electrons. The summed E-state index contributed by atoms with van der Waals surface area (Å²) < 4.78 is 31.7. The van der Waals surface area contributed by atoms with Crippen molar-refractivity contribution in [2.45, 2.75) is 32.0 Å². The number of hydrogen-bond acceptors (Lipinski definition) is 6. The van der Waals surface area contributed by atoms with E-state index in [1.54, 1.807) is 11.3 Å². The largest absolute Gasteiger partial charge is 0.490 e. The van der Waals surface area contributed by atoms with Crippen LogP contribution < -0.4 is 5.32 Å². The lowest BCUT2D eigenvalue weighted by Gasteiger charge is -2.33. The van der Waals surface area contributed by atoms with Crippen molar-refractivity contribution in [3.05, 3.63) is 41.0 Å². The average molecular weight is 443 g/mol. The molecule has 1 aliphatic carbocycles. The minimum atomic E-state index is -5.08. The maximum atomic E-state index is 10.6. The topological polar surface area (TPSA) is 78.4 Å². The minimum absolute atomic E-state index is 0.775. The van der Waals surface area contributed by atoms with E-state index in [0.29, 0.717) is 0 Å². The number of hydrogen-bond donors (Lipinski definition) is 2. The molecular formula is C20H25F3N4O2S. The molecular weight excluding hydrogens is 417 g/mol. The Morgan fingerprint density at radius 3 is 2.67 bits per heavy atom. The average Bonchev–Trinajstić information content (AvgIpc) is 3.36. The van der Waals surface area contributed by atoms with Gasteiger partial charge in [0.1, 0.15) is 10.8 Å². The van der Waals surface area contributed by atoms with E-state index in [4.69, 9.17) is 9.90 Å². The van der Waals surface area contributed by atoms with Crippen LogP contribution in [0.1, 0.15) is 24.3 Å². The highest BCUT2D eigenvalue weighted by atomic mass is 32.1. The molecule has 0 unspecified atom stereocenters. The molecule has 2 aromatic rings. The molecule has 2 aromatic heterocycles. The molecule has 30 heavy (non-hydrogen) atoms. The zero-order valence-electron chi connectivity index (χ0n) is 16.4. The van der Waals surface area contributed by atoms with Crippen LogP contribution in [0.25, 0.3) is 0 Å². The van der Waals surface area contributed by atoms with Gasteiger partial charge in [-0.15, -0.1) is 11.3 Å². The van der Waals surface area contributed by atoms with Crippen LogP contribution in [0, 0.1) is 17.8 Å². The number of thiazole rings is 1. The first kappa shape index (κ1) is 22.5. The maximum absolute atomic E-state index is 10.6. The lowest BCUT2D eigenvalue weighted by atomic mass is 9.74. The normalized spacial score (nSPS) is 23.9. The summed E-state index contributed by atoms with van der Waals surface area (Å²) in [5, 5.41) is 14.0. The van der Waals surface area contributed by atoms with E-state index in [1.807, 2.05) is 24.5 Å². The molecule has 0 aromatic carbocycles. The number of aromatic nitrogens is 2. The number of carbonyl (C=O) groups is 1. The number of pyridine rings is 1. The lowest BCUT2D eigenvalue weighted by molar-refractivity contribution is -0.192. The van der Waals surface area contributed by atoms with Gasteiger partial charge in [-0.1, -0.05) is 12.5 Å². The number of fused-ring (bicyclic) bond motifs is 1. The number of anilines is 1. The summed E-state index contributed by atoms with van der Waals surface area (Å²) >= 11 is 1.78. The standard InChI is InChI=1S/C18H24N4S.C2HF3O2/c1-2-7-19-17(6-1)21-10-14-4-3-5-15-11-22(12-16(14)15)13-18-20-8-9-23-18;3-2(4,5)1(6)7/h1-2,6-9,14-16H,3-5,10-13H2,(H,19,21);(H,6,7)/t14-,15+,16+;/m0./s1. The predicted octanol–water partition coefficient (Wildman–Crippen LogP) is 4.13. The van der Waals surface area contributed by atoms with Crippen molar-refractivity contribution in [1.29, 1.82) is 0 Å². The number of alkyl halides is 3. The number of likely N-dealkylation sites (tertiary alicyclic amines) is 1. The third-order valence-electron chi connectivity index (χ3n) is 5.62. The maximum Gasteiger partial charge on any atom is 0.490 e. The van der Waals surface area contributed by atoms with Crippen LogP contribution in [0.15, 0.2) is 36.0 Å². The molecule has 10 heteroatoms. The molecule has 0 bridgehead atoms. The number of carboxylic acids is 1. The number of halogens is 3. The van der Waals surface area contributed by atoms with Crippen molar-refractivity contribution in [2.75, 3.05) is 25.0 Å². The molecule has 3 heterocycles. The fourth-order valence-corrected chi connectivity index (χ4v) is 4.95. The van der Waals surface area contributed by atoms with Crippen molar-refractivity contribution < 1.29 is 23.1 Å². The zero-order valence-corrected chi connectivity index (χ0v) is 17.2. The summed E-state index contributed by atoms with van der Waals surface area (Å²) in [5.41, 5.74) is 0. The second-order valence-corrected chi connectivity index (χ2v) is 8.61. The first-order chi connectivity index (χ1) is 14.3. The molecule has 2 fully saturated rings. The van der Waals surface area contributed by atoms with Gasteiger partial charge in [0, 0.05) is 37.4 Å². The molecule has 4 rings (SSSR count). The van der Waals surface area contributed by atoms with Crippen molar-refractivity contribution in [3.8, 4) is 0 Å². The molecule has 1 saturated carbocycles. The third-order valence-corrected chi connectivity index (χ3v) is 6.38. The molecule has 1 aliphatic heterocycles. The lowest BCUT2D eigenvalue weighted by Crippen LogP contribution is -2.32. The third kappa shape index (κ3) is 6.40. The van der Waals surface area contributed by atoms with E-state index >= 15 is 0 Å². The SMILES string of the molecule is O=C(O)C(F)(F)F.c1ccc(NC[C@@H]2CCC[C@@H]3CN(Cc4nccs4)C[C@@H]32)nc1. The summed E-state index contributed by atoms with van der Waals surface area (Å²) in [6.45, 7) is 4.58. The van der Waals surface area contributed by atoms with E-state index < -0.39 is 12.1 Å². The Hall–Kier alpha value is -2.20. The Morgan fingerprint density at radius 2 is 2.03 bits per heavy atom. The first-order valence-electron chi connectivity index (χ1n) is 9.88. The summed E-state index contributed by atoms with van der Waals surface area (Å²) in [4.78, 5) is 20.3. The van der Waals surface area contributed by atoms with Crippen molar-refractivity contribution in [3.63, 3.8) is 0 Å². The molecule has 3 atom stereocenters. The molecule has 0 spiro atoms. The van der Waals surface area contributed by atoms with Crippen LogP contribution in [0.4, 0.5) is 19.0 Å². The van der Waals surface area contributed by atoms with Gasteiger partial charge >= 0.3 is 12.1 Å². The number of rotatable bonds is 5. The smallest absolute Gasteiger partial charge is 0.475 e. The first-order valence-corrected chi connectivity index (χ1v) is 10.8. The van der Waals surface area contributed by atoms with Crippen LogP contribution in [0.2, 0.25) is 0 Å². The van der Waals surface area contributed by atoms with E-state index in [2.05, 4.69) is 31.6 Å². The Kier molecular flexibility index (Phi) is 7.65. The van der Waals surface area contributed by atoms with Gasteiger partial charge in [-0.3, -0.25) is 4.90 Å². The van der Waals surface area contributed by atoms with Crippen molar-refractivity contribution >= 4 is 23.1 Å². The van der Waals surface area contributed by atoms with Gasteiger partial charge in [0.2, 0.25) is 0 Å². The summed E-state index contributed by atoms with van der Waals surface area (Å²) in [7, 11) is 0. The number of aliphatic carboxylic acids is 1. The zero-order chi connectivity index (χ0) is 21.6. The summed E-state index contributed by atoms with van der Waals surface area (Å²) in [5.74, 6) is 0.732. The molecule has 2 aliphatic rings. The molecule has 6 nitrogen and oxygen atoms in total. The van der Waals surface area contributed by atoms with Crippen LogP contribution >= 0.6 is 11.3 Å². The monoisotopic (exact) mass is 442 g/mol. The summed E-state index contributed by atoms with van der Waals surface area (Å²) in [6, 6.07) is 6.07. The van der Waals surface area contributed by atoms with E-state index in [-0.39, 0.29) is 0 Å². The fraction of sp³-hybridized carbons (Fsp3) is 0.550. The number of nitrogens with one attached hydrogen (secondary N) is 1. The predicted molar refractivity (Wildman–Crippen MR) is 108 cm³/mol. The second kappa shape index (κ2) is 10.2. The Balaban J connectivity index is 0.000000318. The van der Waals surface area contributed by atoms with Gasteiger partial charge in [0.25, 0.3) is 0 Å². The highest BCUT2D eigenvalue weighted by Gasteiger charge is 2.40. The molecule has 1 saturated heterocycles.